The van der Waals surface area contributed by atoms with Gasteiger partial charge in [-0.3, -0.25) is 9.97 Å². The van der Waals surface area contributed by atoms with Gasteiger partial charge in [-0.25, -0.2) is 0 Å². The van der Waals surface area contributed by atoms with Crippen molar-refractivity contribution in [1.29, 1.82) is 0 Å². The van der Waals surface area contributed by atoms with Gasteiger partial charge in [0.15, 0.2) is 0 Å². The van der Waals surface area contributed by atoms with E-state index >= 15 is 0 Å². The van der Waals surface area contributed by atoms with Crippen LogP contribution in [0.2, 0.25) is 0 Å². The fourth-order valence-electron chi connectivity index (χ4n) is 2.21. The zero-order valence-corrected chi connectivity index (χ0v) is 13.1. The molecule has 0 saturated carbocycles. The van der Waals surface area contributed by atoms with Crippen molar-refractivity contribution in [1.82, 2.24) is 15.3 Å². The number of hydrogen-bond acceptors (Lipinski definition) is 4. The lowest BCUT2D eigenvalue weighted by atomic mass is 10.1. The predicted octanol–water partition coefficient (Wildman–Crippen LogP) is 2.65. The Balaban J connectivity index is 1.99. The summed E-state index contributed by atoms with van der Waals surface area (Å²) in [6.07, 6.45) is 8.52. The summed E-state index contributed by atoms with van der Waals surface area (Å²) in [5.74, 6) is 0. The summed E-state index contributed by atoms with van der Waals surface area (Å²) in [4.78, 5) is 10.6. The molecule has 0 atom stereocenters. The van der Waals surface area contributed by atoms with Gasteiger partial charge >= 0.3 is 0 Å². The molecule has 0 amide bonds. The van der Waals surface area contributed by atoms with Crippen molar-refractivity contribution in [3.05, 3.63) is 54.1 Å². The fourth-order valence-corrected chi connectivity index (χ4v) is 2.21. The van der Waals surface area contributed by atoms with Gasteiger partial charge in [-0.2, -0.15) is 0 Å². The number of aromatic nitrogens is 2. The number of rotatable bonds is 7. The molecule has 0 aliphatic carbocycles. The number of hydrogen-bond donors (Lipinski definition) is 1. The molecule has 2 heterocycles. The molecule has 0 bridgehead atoms. The average Bonchev–Trinajstić information content (AvgIpc) is 2.52. The van der Waals surface area contributed by atoms with Crippen molar-refractivity contribution >= 4 is 5.69 Å². The van der Waals surface area contributed by atoms with E-state index in [0.717, 1.165) is 19.5 Å². The van der Waals surface area contributed by atoms with Crippen molar-refractivity contribution in [2.24, 2.45) is 0 Å². The molecular formula is C17H24N4. The number of nitrogens with zero attached hydrogens (tertiary/aromatic N) is 3. The molecule has 0 aliphatic heterocycles. The third kappa shape index (κ3) is 4.83. The highest BCUT2D eigenvalue weighted by atomic mass is 15.1. The number of likely N-dealkylation sites (N-methyl/N-ethyl adjacent to an activating group) is 1. The SMILES string of the molecule is CC(C)NCc1cnccc1N(C)CCc1ccncc1. The lowest BCUT2D eigenvalue weighted by Crippen LogP contribution is -2.26. The van der Waals surface area contributed by atoms with E-state index in [1.807, 2.05) is 24.8 Å². The molecule has 2 aromatic heterocycles. The van der Waals surface area contributed by atoms with Crippen LogP contribution in [0, 0.1) is 0 Å². The van der Waals surface area contributed by atoms with E-state index in [0.29, 0.717) is 6.04 Å². The Bertz CT molecular complexity index is 539. The summed E-state index contributed by atoms with van der Waals surface area (Å²) >= 11 is 0. The van der Waals surface area contributed by atoms with Crippen LogP contribution in [0.5, 0.6) is 0 Å². The normalized spacial score (nSPS) is 10.9. The molecule has 1 N–H and O–H groups in total. The van der Waals surface area contributed by atoms with E-state index in [1.54, 1.807) is 0 Å². The molecule has 0 radical (unpaired) electrons. The fraction of sp³-hybridized carbons (Fsp3) is 0.412. The number of pyridine rings is 2. The Morgan fingerprint density at radius 3 is 2.52 bits per heavy atom. The second kappa shape index (κ2) is 7.74. The molecule has 0 saturated heterocycles. The van der Waals surface area contributed by atoms with Gasteiger partial charge in [0.25, 0.3) is 0 Å². The monoisotopic (exact) mass is 284 g/mol. The van der Waals surface area contributed by atoms with Crippen LogP contribution in [-0.4, -0.2) is 29.6 Å². The summed E-state index contributed by atoms with van der Waals surface area (Å²) in [5, 5.41) is 3.46. The van der Waals surface area contributed by atoms with Gasteiger partial charge in [-0.05, 0) is 30.2 Å². The molecule has 2 rings (SSSR count). The summed E-state index contributed by atoms with van der Waals surface area (Å²) in [5.41, 5.74) is 3.79. The lowest BCUT2D eigenvalue weighted by Gasteiger charge is -2.23. The van der Waals surface area contributed by atoms with E-state index in [1.165, 1.54) is 16.8 Å². The molecular weight excluding hydrogens is 260 g/mol. The van der Waals surface area contributed by atoms with Crippen LogP contribution in [0.3, 0.4) is 0 Å². The van der Waals surface area contributed by atoms with Crippen molar-refractivity contribution in [3.8, 4) is 0 Å². The van der Waals surface area contributed by atoms with Crippen LogP contribution in [0.1, 0.15) is 25.0 Å². The standard InChI is InChI=1S/C17H24N4/c1-14(2)20-13-16-12-19-10-6-17(16)21(3)11-7-15-4-8-18-9-5-15/h4-6,8-10,12,14,20H,7,11,13H2,1-3H3. The molecule has 2 aromatic rings. The molecule has 0 aromatic carbocycles. The van der Waals surface area contributed by atoms with E-state index in [4.69, 9.17) is 0 Å². The summed E-state index contributed by atoms with van der Waals surface area (Å²) < 4.78 is 0. The van der Waals surface area contributed by atoms with Crippen molar-refractivity contribution in [2.45, 2.75) is 32.9 Å². The average molecular weight is 284 g/mol. The van der Waals surface area contributed by atoms with E-state index in [2.05, 4.69) is 59.3 Å². The van der Waals surface area contributed by atoms with Crippen molar-refractivity contribution in [2.75, 3.05) is 18.5 Å². The highest BCUT2D eigenvalue weighted by Crippen LogP contribution is 2.18. The maximum absolute atomic E-state index is 4.25. The maximum atomic E-state index is 4.25. The first kappa shape index (κ1) is 15.4. The number of nitrogens with one attached hydrogen (secondary N) is 1. The number of anilines is 1. The Kier molecular flexibility index (Phi) is 5.69. The Labute approximate surface area is 127 Å². The largest absolute Gasteiger partial charge is 0.374 e. The van der Waals surface area contributed by atoms with Crippen molar-refractivity contribution in [3.63, 3.8) is 0 Å². The summed E-state index contributed by atoms with van der Waals surface area (Å²) in [6, 6.07) is 6.70. The van der Waals surface area contributed by atoms with Gasteiger partial charge in [0.05, 0.1) is 0 Å². The Morgan fingerprint density at radius 2 is 1.81 bits per heavy atom. The predicted molar refractivity (Wildman–Crippen MR) is 87.4 cm³/mol. The van der Waals surface area contributed by atoms with Crippen molar-refractivity contribution < 1.29 is 0 Å². The minimum Gasteiger partial charge on any atom is -0.374 e. The molecule has 112 valence electrons. The van der Waals surface area contributed by atoms with Gasteiger partial charge in [0.1, 0.15) is 0 Å². The van der Waals surface area contributed by atoms with Crippen LogP contribution >= 0.6 is 0 Å². The van der Waals surface area contributed by atoms with Crippen LogP contribution in [0.4, 0.5) is 5.69 Å². The third-order valence-electron chi connectivity index (χ3n) is 3.48. The zero-order valence-electron chi connectivity index (χ0n) is 13.1. The van der Waals surface area contributed by atoms with Crippen LogP contribution in [0.15, 0.2) is 43.0 Å². The molecule has 4 nitrogen and oxygen atoms in total. The highest BCUT2D eigenvalue weighted by molar-refractivity contribution is 5.51. The van der Waals surface area contributed by atoms with Crippen LogP contribution in [0.25, 0.3) is 0 Å². The van der Waals surface area contributed by atoms with Crippen LogP contribution in [-0.2, 0) is 13.0 Å². The van der Waals surface area contributed by atoms with E-state index in [-0.39, 0.29) is 0 Å². The Morgan fingerprint density at radius 1 is 1.10 bits per heavy atom. The van der Waals surface area contributed by atoms with Gasteiger partial charge in [-0.15, -0.1) is 0 Å². The zero-order chi connectivity index (χ0) is 15.1. The second-order valence-electron chi connectivity index (χ2n) is 5.57. The molecule has 0 spiro atoms. The summed E-state index contributed by atoms with van der Waals surface area (Å²) in [7, 11) is 2.13. The molecule has 4 heteroatoms. The highest BCUT2D eigenvalue weighted by Gasteiger charge is 2.08. The second-order valence-corrected chi connectivity index (χ2v) is 5.57. The molecule has 0 fully saturated rings. The minimum atomic E-state index is 0.472. The maximum Gasteiger partial charge on any atom is 0.0440 e. The quantitative estimate of drug-likeness (QED) is 0.848. The van der Waals surface area contributed by atoms with Gasteiger partial charge in [0.2, 0.25) is 0 Å². The molecule has 21 heavy (non-hydrogen) atoms. The van der Waals surface area contributed by atoms with Gasteiger partial charge in [-0.1, -0.05) is 13.8 Å². The smallest absolute Gasteiger partial charge is 0.0440 e. The lowest BCUT2D eigenvalue weighted by molar-refractivity contribution is 0.587. The first-order chi connectivity index (χ1) is 10.2. The minimum absolute atomic E-state index is 0.472. The first-order valence-electron chi connectivity index (χ1n) is 7.43. The first-order valence-corrected chi connectivity index (χ1v) is 7.43. The topological polar surface area (TPSA) is 41.1 Å². The molecule has 0 unspecified atom stereocenters. The summed E-state index contributed by atoms with van der Waals surface area (Å²) in [6.45, 7) is 6.13. The van der Waals surface area contributed by atoms with E-state index < -0.39 is 0 Å². The Hall–Kier alpha value is -1.94. The van der Waals surface area contributed by atoms with Gasteiger partial charge < -0.3 is 10.2 Å². The third-order valence-corrected chi connectivity index (χ3v) is 3.48. The van der Waals surface area contributed by atoms with Gasteiger partial charge in [0, 0.05) is 62.2 Å². The molecule has 0 aliphatic rings. The van der Waals surface area contributed by atoms with E-state index in [9.17, 15) is 0 Å². The van der Waals surface area contributed by atoms with Crippen LogP contribution < -0.4 is 10.2 Å².